The maximum atomic E-state index is 13.7. The molecule has 3 heterocycles. The van der Waals surface area contributed by atoms with E-state index in [0.29, 0.717) is 28.2 Å². The molecule has 6 nitrogen and oxygen atoms in total. The highest BCUT2D eigenvalue weighted by Crippen LogP contribution is 2.32. The molecule has 3 aromatic rings. The maximum absolute atomic E-state index is 13.7. The first kappa shape index (κ1) is 24.0. The average molecular weight is 498 g/mol. The molecule has 2 aromatic heterocycles. The minimum absolute atomic E-state index is 0.0563. The summed E-state index contributed by atoms with van der Waals surface area (Å²) in [6.07, 6.45) is 5.44. The van der Waals surface area contributed by atoms with Gasteiger partial charge in [-0.3, -0.25) is 18.7 Å². The van der Waals surface area contributed by atoms with Gasteiger partial charge in [-0.05, 0) is 79.5 Å². The summed E-state index contributed by atoms with van der Waals surface area (Å²) < 4.78 is 17.2. The van der Waals surface area contributed by atoms with Crippen LogP contribution in [0.1, 0.15) is 51.0 Å². The van der Waals surface area contributed by atoms with E-state index in [1.54, 1.807) is 22.8 Å². The summed E-state index contributed by atoms with van der Waals surface area (Å²) in [5.74, 6) is 0.867. The van der Waals surface area contributed by atoms with Gasteiger partial charge < -0.3 is 4.90 Å². The van der Waals surface area contributed by atoms with E-state index in [2.05, 4.69) is 6.92 Å². The number of amides is 1. The molecule has 1 amide bonds. The van der Waals surface area contributed by atoms with Gasteiger partial charge in [-0.2, -0.15) is 0 Å². The van der Waals surface area contributed by atoms with Crippen molar-refractivity contribution in [1.29, 1.82) is 0 Å². The molecule has 1 aliphatic heterocycles. The zero-order chi connectivity index (χ0) is 24.5. The molecule has 0 spiro atoms. The summed E-state index contributed by atoms with van der Waals surface area (Å²) in [4.78, 5) is 41.7. The number of halogens is 1. The Labute approximate surface area is 208 Å². The van der Waals surface area contributed by atoms with Gasteiger partial charge in [-0.25, -0.2) is 9.18 Å². The van der Waals surface area contributed by atoms with Crippen LogP contribution in [0, 0.1) is 23.6 Å². The van der Waals surface area contributed by atoms with Crippen LogP contribution in [0.3, 0.4) is 0 Å². The summed E-state index contributed by atoms with van der Waals surface area (Å²) in [6, 6.07) is 7.98. The Bertz CT molecular complexity index is 1330. The van der Waals surface area contributed by atoms with Gasteiger partial charge in [-0.1, -0.05) is 19.1 Å². The van der Waals surface area contributed by atoms with E-state index < -0.39 is 0 Å². The molecule has 8 heteroatoms. The highest BCUT2D eigenvalue weighted by Gasteiger charge is 2.31. The van der Waals surface area contributed by atoms with Crippen LogP contribution < -0.4 is 11.2 Å². The zero-order valence-corrected chi connectivity index (χ0v) is 20.9. The van der Waals surface area contributed by atoms with Crippen LogP contribution in [0.2, 0.25) is 0 Å². The van der Waals surface area contributed by atoms with Crippen LogP contribution in [0.15, 0.2) is 45.3 Å². The molecule has 1 aliphatic carbocycles. The second-order valence-corrected chi connectivity index (χ2v) is 11.2. The largest absolute Gasteiger partial charge is 0.342 e. The number of rotatable bonds is 5. The van der Waals surface area contributed by atoms with E-state index in [1.165, 1.54) is 28.0 Å². The van der Waals surface area contributed by atoms with Gasteiger partial charge in [-0.15, -0.1) is 11.3 Å². The highest BCUT2D eigenvalue weighted by atomic mass is 32.1. The van der Waals surface area contributed by atoms with E-state index in [1.807, 2.05) is 10.3 Å². The molecule has 5 rings (SSSR count). The van der Waals surface area contributed by atoms with Crippen LogP contribution >= 0.6 is 11.3 Å². The molecule has 2 aliphatic rings. The predicted octanol–water partition coefficient (Wildman–Crippen LogP) is 4.48. The first-order valence-electron chi connectivity index (χ1n) is 12.6. The minimum Gasteiger partial charge on any atom is -0.342 e. The van der Waals surface area contributed by atoms with E-state index in [-0.39, 0.29) is 41.4 Å². The standard InChI is InChI=1S/C27H32FN3O3S/c1-18-9-12-29(13-10-18)25(32)21-7-5-19(6-8-21)16-31-26(33)24-23(11-14-35-24)30(27(31)34)17-20-3-2-4-22(28)15-20/h2-4,11,14-15,18-19,21H,5-10,12-13,16-17H2,1H3. The lowest BCUT2D eigenvalue weighted by Crippen LogP contribution is -2.44. The molecule has 186 valence electrons. The van der Waals surface area contributed by atoms with Crippen molar-refractivity contribution in [3.05, 3.63) is 67.9 Å². The summed E-state index contributed by atoms with van der Waals surface area (Å²) >= 11 is 1.33. The average Bonchev–Trinajstić information content (AvgIpc) is 3.35. The van der Waals surface area contributed by atoms with E-state index >= 15 is 0 Å². The first-order valence-corrected chi connectivity index (χ1v) is 13.5. The van der Waals surface area contributed by atoms with Crippen molar-refractivity contribution in [2.45, 2.75) is 58.5 Å². The van der Waals surface area contributed by atoms with Gasteiger partial charge in [0.1, 0.15) is 10.5 Å². The van der Waals surface area contributed by atoms with Crippen LogP contribution in [0.4, 0.5) is 4.39 Å². The Morgan fingerprint density at radius 3 is 2.49 bits per heavy atom. The summed E-state index contributed by atoms with van der Waals surface area (Å²) in [7, 11) is 0. The fourth-order valence-corrected chi connectivity index (χ4v) is 6.45. The smallest absolute Gasteiger partial charge is 0.331 e. The number of fused-ring (bicyclic) bond motifs is 1. The maximum Gasteiger partial charge on any atom is 0.331 e. The number of benzene rings is 1. The Balaban J connectivity index is 1.32. The topological polar surface area (TPSA) is 64.3 Å². The normalized spacial score (nSPS) is 21.5. The fourth-order valence-electron chi connectivity index (χ4n) is 5.60. The SMILES string of the molecule is CC1CCN(C(=O)C2CCC(Cn3c(=O)c4sccc4n(Cc4cccc(F)c4)c3=O)CC2)CC1. The monoisotopic (exact) mass is 497 g/mol. The van der Waals surface area contributed by atoms with Gasteiger partial charge in [0.25, 0.3) is 5.56 Å². The van der Waals surface area contributed by atoms with Crippen molar-refractivity contribution in [2.75, 3.05) is 13.1 Å². The van der Waals surface area contributed by atoms with Gasteiger partial charge in [0.05, 0.1) is 12.1 Å². The van der Waals surface area contributed by atoms with Gasteiger partial charge in [0.2, 0.25) is 5.91 Å². The minimum atomic E-state index is -0.356. The van der Waals surface area contributed by atoms with Crippen molar-refractivity contribution in [1.82, 2.24) is 14.0 Å². The third-order valence-electron chi connectivity index (χ3n) is 7.80. The highest BCUT2D eigenvalue weighted by molar-refractivity contribution is 7.17. The van der Waals surface area contributed by atoms with Crippen molar-refractivity contribution in [3.8, 4) is 0 Å². The number of likely N-dealkylation sites (tertiary alicyclic amines) is 1. The molecule has 1 saturated carbocycles. The van der Waals surface area contributed by atoms with Crippen LogP contribution in [0.25, 0.3) is 10.2 Å². The van der Waals surface area contributed by atoms with Crippen molar-refractivity contribution in [3.63, 3.8) is 0 Å². The lowest BCUT2D eigenvalue weighted by atomic mass is 9.81. The number of carbonyl (C=O) groups is 1. The number of nitrogens with zero attached hydrogens (tertiary/aromatic N) is 3. The van der Waals surface area contributed by atoms with Crippen molar-refractivity contribution >= 4 is 27.5 Å². The summed E-state index contributed by atoms with van der Waals surface area (Å²) in [6.45, 7) is 4.53. The molecule has 2 fully saturated rings. The fraction of sp³-hybridized carbons (Fsp3) is 0.519. The van der Waals surface area contributed by atoms with E-state index in [9.17, 15) is 18.8 Å². The molecule has 0 bridgehead atoms. The number of thiophene rings is 1. The number of hydrogen-bond acceptors (Lipinski definition) is 4. The zero-order valence-electron chi connectivity index (χ0n) is 20.1. The third kappa shape index (κ3) is 4.99. The Kier molecular flexibility index (Phi) is 6.91. The van der Waals surface area contributed by atoms with E-state index in [0.717, 1.165) is 51.6 Å². The molecule has 1 saturated heterocycles. The van der Waals surface area contributed by atoms with Crippen molar-refractivity contribution in [2.24, 2.45) is 17.8 Å². The van der Waals surface area contributed by atoms with Gasteiger partial charge in [0.15, 0.2) is 0 Å². The predicted molar refractivity (Wildman–Crippen MR) is 136 cm³/mol. The van der Waals surface area contributed by atoms with Gasteiger partial charge in [0, 0.05) is 25.6 Å². The van der Waals surface area contributed by atoms with Crippen LogP contribution in [-0.4, -0.2) is 33.0 Å². The summed E-state index contributed by atoms with van der Waals surface area (Å²) in [5, 5.41) is 1.82. The molecule has 35 heavy (non-hydrogen) atoms. The Morgan fingerprint density at radius 2 is 1.77 bits per heavy atom. The Hall–Kier alpha value is -2.74. The quantitative estimate of drug-likeness (QED) is 0.522. The molecular weight excluding hydrogens is 465 g/mol. The third-order valence-corrected chi connectivity index (χ3v) is 8.69. The number of piperidine rings is 1. The Morgan fingerprint density at radius 1 is 1.03 bits per heavy atom. The number of carbonyl (C=O) groups excluding carboxylic acids is 1. The lowest BCUT2D eigenvalue weighted by molar-refractivity contribution is -0.138. The summed E-state index contributed by atoms with van der Waals surface area (Å²) in [5.41, 5.74) is 0.661. The molecule has 1 aromatic carbocycles. The second kappa shape index (κ2) is 10.1. The number of aromatic nitrogens is 2. The second-order valence-electron chi connectivity index (χ2n) is 10.3. The van der Waals surface area contributed by atoms with Crippen molar-refractivity contribution < 1.29 is 9.18 Å². The molecule has 0 N–H and O–H groups in total. The molecule has 0 radical (unpaired) electrons. The number of hydrogen-bond donors (Lipinski definition) is 0. The van der Waals surface area contributed by atoms with Gasteiger partial charge >= 0.3 is 5.69 Å². The molecule has 0 atom stereocenters. The molecule has 0 unspecified atom stereocenters. The van der Waals surface area contributed by atoms with Crippen LogP contribution in [0.5, 0.6) is 0 Å². The van der Waals surface area contributed by atoms with E-state index in [4.69, 9.17) is 0 Å². The first-order chi connectivity index (χ1) is 16.9. The lowest BCUT2D eigenvalue weighted by Gasteiger charge is -2.35. The van der Waals surface area contributed by atoms with Crippen LogP contribution in [-0.2, 0) is 17.9 Å². The molecular formula is C27H32FN3O3S.